The van der Waals surface area contributed by atoms with Gasteiger partial charge in [0.2, 0.25) is 0 Å². The molecule has 1 saturated heterocycles. The Bertz CT molecular complexity index is 960. The van der Waals surface area contributed by atoms with Gasteiger partial charge in [-0.3, -0.25) is 0 Å². The first-order chi connectivity index (χ1) is 15.7. The Morgan fingerprint density at radius 1 is 0.909 bits per heavy atom. The quantitative estimate of drug-likeness (QED) is 0.400. The van der Waals surface area contributed by atoms with Gasteiger partial charge in [-0.15, -0.1) is 12.4 Å². The van der Waals surface area contributed by atoms with Crippen LogP contribution >= 0.6 is 24.0 Å². The van der Waals surface area contributed by atoms with E-state index in [1.54, 1.807) is 0 Å². The van der Waals surface area contributed by atoms with Gasteiger partial charge in [-0.25, -0.2) is 0 Å². The zero-order chi connectivity index (χ0) is 22.2. The van der Waals surface area contributed by atoms with Crippen molar-refractivity contribution in [3.05, 3.63) is 101 Å². The molecule has 0 aliphatic carbocycles. The number of hydrogen-bond donors (Lipinski definition) is 1. The topological polar surface area (TPSA) is 32.7 Å². The van der Waals surface area contributed by atoms with Crippen LogP contribution in [0.5, 0.6) is 5.75 Å². The van der Waals surface area contributed by atoms with E-state index in [-0.39, 0.29) is 19.0 Å². The number of likely N-dealkylation sites (tertiary alicyclic amines) is 1. The molecule has 5 heteroatoms. The van der Waals surface area contributed by atoms with Gasteiger partial charge < -0.3 is 14.7 Å². The van der Waals surface area contributed by atoms with Gasteiger partial charge in [-0.05, 0) is 73.2 Å². The molecular formula is C28H33Cl2NO2. The van der Waals surface area contributed by atoms with Crippen molar-refractivity contribution in [2.24, 2.45) is 5.92 Å². The van der Waals surface area contributed by atoms with E-state index in [4.69, 9.17) is 16.3 Å². The molecule has 33 heavy (non-hydrogen) atoms. The Labute approximate surface area is 208 Å². The molecule has 1 heterocycles. The Balaban J connectivity index is 0.00000306. The molecule has 4 rings (SSSR count). The van der Waals surface area contributed by atoms with Gasteiger partial charge >= 0.3 is 0 Å². The first-order valence-corrected chi connectivity index (χ1v) is 11.9. The van der Waals surface area contributed by atoms with Crippen molar-refractivity contribution in [3.63, 3.8) is 0 Å². The molecule has 1 fully saturated rings. The third-order valence-corrected chi connectivity index (χ3v) is 6.47. The van der Waals surface area contributed by atoms with Crippen LogP contribution in [0.25, 0.3) is 0 Å². The highest BCUT2D eigenvalue weighted by molar-refractivity contribution is 6.30. The molecule has 1 aliphatic rings. The lowest BCUT2D eigenvalue weighted by Crippen LogP contribution is -2.41. The Morgan fingerprint density at radius 2 is 1.55 bits per heavy atom. The largest absolute Gasteiger partial charge is 0.491 e. The number of benzene rings is 3. The molecule has 0 amide bonds. The van der Waals surface area contributed by atoms with Crippen LogP contribution in [0.4, 0.5) is 0 Å². The van der Waals surface area contributed by atoms with Gasteiger partial charge in [0, 0.05) is 18.0 Å². The van der Waals surface area contributed by atoms with Crippen LogP contribution < -0.4 is 4.74 Å². The Kier molecular flexibility index (Phi) is 10.1. The zero-order valence-corrected chi connectivity index (χ0v) is 20.5. The molecule has 3 aromatic rings. The van der Waals surface area contributed by atoms with Gasteiger partial charge in [0.15, 0.2) is 0 Å². The highest BCUT2D eigenvalue weighted by Crippen LogP contribution is 2.26. The van der Waals surface area contributed by atoms with Gasteiger partial charge in [0.05, 0.1) is 0 Å². The number of halogens is 2. The van der Waals surface area contributed by atoms with Crippen molar-refractivity contribution in [2.45, 2.75) is 31.8 Å². The van der Waals surface area contributed by atoms with E-state index < -0.39 is 6.10 Å². The molecule has 0 saturated carbocycles. The molecule has 0 spiro atoms. The minimum Gasteiger partial charge on any atom is -0.491 e. The van der Waals surface area contributed by atoms with Gasteiger partial charge in [-0.2, -0.15) is 0 Å². The predicted molar refractivity (Wildman–Crippen MR) is 139 cm³/mol. The number of nitrogens with zero attached hydrogens (tertiary/aromatic N) is 1. The van der Waals surface area contributed by atoms with Crippen molar-refractivity contribution in [1.29, 1.82) is 0 Å². The highest BCUT2D eigenvalue weighted by Gasteiger charge is 2.21. The molecule has 1 atom stereocenters. The second-order valence-corrected chi connectivity index (χ2v) is 9.25. The van der Waals surface area contributed by atoms with E-state index in [2.05, 4.69) is 47.4 Å². The standard InChI is InChI=1S/C28H32ClNO2.ClH/c29-26-11-12-28(25(19-26)18-23-9-5-2-6-10-23)32-21-27(31)20-30-15-13-24(14-16-30)17-22-7-3-1-4-8-22;/h1-12,19,24,27,31H,13-18,20-21H2;1H. The monoisotopic (exact) mass is 485 g/mol. The van der Waals surface area contributed by atoms with Crippen LogP contribution in [0.3, 0.4) is 0 Å². The molecule has 1 unspecified atom stereocenters. The van der Waals surface area contributed by atoms with E-state index in [0.717, 1.165) is 43.2 Å². The van der Waals surface area contributed by atoms with E-state index >= 15 is 0 Å². The third-order valence-electron chi connectivity index (χ3n) is 6.23. The molecule has 3 nitrogen and oxygen atoms in total. The minimum atomic E-state index is -0.513. The summed E-state index contributed by atoms with van der Waals surface area (Å²) in [5, 5.41) is 11.3. The fourth-order valence-electron chi connectivity index (χ4n) is 4.50. The summed E-state index contributed by atoms with van der Waals surface area (Å²) in [4.78, 5) is 2.36. The summed E-state index contributed by atoms with van der Waals surface area (Å²) in [6.45, 7) is 3.01. The fraction of sp³-hybridized carbons (Fsp3) is 0.357. The van der Waals surface area contributed by atoms with Crippen molar-refractivity contribution in [3.8, 4) is 5.75 Å². The summed E-state index contributed by atoms with van der Waals surface area (Å²) >= 11 is 6.23. The predicted octanol–water partition coefficient (Wildman–Crippen LogP) is 6.05. The van der Waals surface area contributed by atoms with Crippen LogP contribution in [-0.2, 0) is 12.8 Å². The van der Waals surface area contributed by atoms with Crippen LogP contribution in [0, 0.1) is 5.92 Å². The second kappa shape index (κ2) is 13.0. The molecule has 0 bridgehead atoms. The summed E-state index contributed by atoms with van der Waals surface area (Å²) in [7, 11) is 0. The second-order valence-electron chi connectivity index (χ2n) is 8.81. The lowest BCUT2D eigenvalue weighted by Gasteiger charge is -2.33. The smallest absolute Gasteiger partial charge is 0.123 e. The van der Waals surface area contributed by atoms with Gasteiger partial charge in [0.1, 0.15) is 18.5 Å². The van der Waals surface area contributed by atoms with Gasteiger partial charge in [-0.1, -0.05) is 72.3 Å². The average molecular weight is 486 g/mol. The minimum absolute atomic E-state index is 0. The van der Waals surface area contributed by atoms with Gasteiger partial charge in [0.25, 0.3) is 0 Å². The third kappa shape index (κ3) is 8.04. The molecule has 176 valence electrons. The van der Waals surface area contributed by atoms with E-state index in [1.807, 2.05) is 36.4 Å². The van der Waals surface area contributed by atoms with Crippen molar-refractivity contribution in [1.82, 2.24) is 4.90 Å². The summed E-state index contributed by atoms with van der Waals surface area (Å²) in [5.41, 5.74) is 3.67. The maximum Gasteiger partial charge on any atom is 0.123 e. The number of hydrogen-bond acceptors (Lipinski definition) is 3. The fourth-order valence-corrected chi connectivity index (χ4v) is 4.69. The lowest BCUT2D eigenvalue weighted by molar-refractivity contribution is 0.0548. The molecule has 0 aromatic heterocycles. The Morgan fingerprint density at radius 3 is 2.21 bits per heavy atom. The molecule has 3 aromatic carbocycles. The van der Waals surface area contributed by atoms with Crippen molar-refractivity contribution in [2.75, 3.05) is 26.2 Å². The maximum atomic E-state index is 10.6. The average Bonchev–Trinajstić information content (AvgIpc) is 2.81. The zero-order valence-electron chi connectivity index (χ0n) is 18.9. The van der Waals surface area contributed by atoms with Crippen LogP contribution in [0.1, 0.15) is 29.5 Å². The van der Waals surface area contributed by atoms with E-state index in [0.29, 0.717) is 11.6 Å². The number of β-amino-alcohol motifs (C(OH)–C–C–N with tert-alkyl or cyclic N) is 1. The van der Waals surface area contributed by atoms with E-state index in [9.17, 15) is 5.11 Å². The van der Waals surface area contributed by atoms with Crippen molar-refractivity contribution >= 4 is 24.0 Å². The molecular weight excluding hydrogens is 453 g/mol. The first-order valence-electron chi connectivity index (χ1n) is 11.5. The van der Waals surface area contributed by atoms with Crippen LogP contribution in [0.15, 0.2) is 78.9 Å². The molecule has 1 N–H and O–H groups in total. The van der Waals surface area contributed by atoms with Crippen LogP contribution in [0.2, 0.25) is 5.02 Å². The van der Waals surface area contributed by atoms with Crippen LogP contribution in [-0.4, -0.2) is 42.4 Å². The number of ether oxygens (including phenoxy) is 1. The summed E-state index contributed by atoms with van der Waals surface area (Å²) < 4.78 is 6.03. The number of aliphatic hydroxyl groups is 1. The molecule has 0 radical (unpaired) electrons. The number of aliphatic hydroxyl groups excluding tert-OH is 1. The Hall–Kier alpha value is -2.04. The SMILES string of the molecule is Cl.OC(COc1ccc(Cl)cc1Cc1ccccc1)CN1CCC(Cc2ccccc2)CC1. The summed E-state index contributed by atoms with van der Waals surface area (Å²) in [6.07, 6.45) is 3.76. The molecule has 1 aliphatic heterocycles. The normalized spacial score (nSPS) is 15.6. The van der Waals surface area contributed by atoms with Crippen molar-refractivity contribution < 1.29 is 9.84 Å². The number of rotatable bonds is 9. The summed E-state index contributed by atoms with van der Waals surface area (Å²) in [5.74, 6) is 1.52. The lowest BCUT2D eigenvalue weighted by atomic mass is 9.90. The first kappa shape index (κ1) is 25.6. The maximum absolute atomic E-state index is 10.6. The summed E-state index contributed by atoms with van der Waals surface area (Å²) in [6, 6.07) is 26.7. The number of piperidine rings is 1. The highest BCUT2D eigenvalue weighted by atomic mass is 35.5. The van der Waals surface area contributed by atoms with E-state index in [1.165, 1.54) is 24.0 Å².